The summed E-state index contributed by atoms with van der Waals surface area (Å²) >= 11 is 0. The molecule has 5 rings (SSSR count). The molecule has 1 aliphatic rings. The maximum Gasteiger partial charge on any atom is 0.256 e. The number of carbonyl (C=O) groups is 1. The largest absolute Gasteiger partial charge is 0.359 e. The van der Waals surface area contributed by atoms with E-state index >= 15 is 0 Å². The van der Waals surface area contributed by atoms with Gasteiger partial charge in [-0.3, -0.25) is 4.79 Å². The standard InChI is InChI=1S/C30H32N4O/c1-19-4-7-22(8-5-19)21(3)32-26-12-9-23(10-13-26)28-17-25-16-24(11-14-27(25)33-28)30(35)34-29-15-6-20(2)18-31-29/h6,9-19,22,32-33H,3-5,7-8H2,1-2H3,(H,31,34,35). The molecule has 35 heavy (non-hydrogen) atoms. The second-order valence-electron chi connectivity index (χ2n) is 9.84. The zero-order valence-corrected chi connectivity index (χ0v) is 20.4. The number of H-pyrrole nitrogens is 1. The van der Waals surface area contributed by atoms with Crippen LogP contribution in [-0.2, 0) is 0 Å². The van der Waals surface area contributed by atoms with Crippen molar-refractivity contribution >= 4 is 28.3 Å². The van der Waals surface area contributed by atoms with Gasteiger partial charge >= 0.3 is 0 Å². The lowest BCUT2D eigenvalue weighted by molar-refractivity contribution is 0.102. The molecular formula is C30H32N4O. The van der Waals surface area contributed by atoms with Gasteiger partial charge in [-0.25, -0.2) is 4.98 Å². The molecule has 2 aromatic heterocycles. The van der Waals surface area contributed by atoms with E-state index in [1.165, 1.54) is 25.7 Å². The second-order valence-corrected chi connectivity index (χ2v) is 9.84. The van der Waals surface area contributed by atoms with Crippen molar-refractivity contribution in [1.29, 1.82) is 0 Å². The molecule has 0 unspecified atom stereocenters. The fourth-order valence-corrected chi connectivity index (χ4v) is 4.79. The maximum absolute atomic E-state index is 12.7. The molecule has 0 atom stereocenters. The number of nitrogens with zero attached hydrogens (tertiary/aromatic N) is 1. The Kier molecular flexibility index (Phi) is 6.41. The Labute approximate surface area is 206 Å². The summed E-state index contributed by atoms with van der Waals surface area (Å²) in [5.41, 5.74) is 6.95. The molecule has 1 fully saturated rings. The number of nitrogens with one attached hydrogen (secondary N) is 3. The number of aromatic amines is 1. The summed E-state index contributed by atoms with van der Waals surface area (Å²) in [7, 11) is 0. The van der Waals surface area contributed by atoms with Crippen LogP contribution in [0.25, 0.3) is 22.2 Å². The van der Waals surface area contributed by atoms with Crippen LogP contribution in [0, 0.1) is 18.8 Å². The predicted octanol–water partition coefficient (Wildman–Crippen LogP) is 7.54. The number of fused-ring (bicyclic) bond motifs is 1. The molecule has 2 heterocycles. The Hall–Kier alpha value is -3.86. The third-order valence-corrected chi connectivity index (χ3v) is 7.05. The monoisotopic (exact) mass is 464 g/mol. The van der Waals surface area contributed by atoms with Crippen molar-refractivity contribution in [2.75, 3.05) is 10.6 Å². The smallest absolute Gasteiger partial charge is 0.256 e. The third kappa shape index (κ3) is 5.29. The van der Waals surface area contributed by atoms with Gasteiger partial charge in [-0.2, -0.15) is 0 Å². The number of benzene rings is 2. The van der Waals surface area contributed by atoms with Crippen LogP contribution >= 0.6 is 0 Å². The van der Waals surface area contributed by atoms with Gasteiger partial charge in [0.15, 0.2) is 0 Å². The predicted molar refractivity (Wildman–Crippen MR) is 145 cm³/mol. The molecule has 0 radical (unpaired) electrons. The first-order chi connectivity index (χ1) is 16.9. The molecule has 3 N–H and O–H groups in total. The Balaban J connectivity index is 1.27. The summed E-state index contributed by atoms with van der Waals surface area (Å²) in [6.45, 7) is 8.61. The molecule has 1 aliphatic carbocycles. The van der Waals surface area contributed by atoms with E-state index in [-0.39, 0.29) is 5.91 Å². The topological polar surface area (TPSA) is 69.8 Å². The van der Waals surface area contributed by atoms with Gasteiger partial charge in [0.25, 0.3) is 5.91 Å². The number of amides is 1. The van der Waals surface area contributed by atoms with Crippen molar-refractivity contribution in [2.45, 2.75) is 39.5 Å². The van der Waals surface area contributed by atoms with Gasteiger partial charge in [-0.1, -0.05) is 44.5 Å². The van der Waals surface area contributed by atoms with E-state index < -0.39 is 0 Å². The van der Waals surface area contributed by atoms with Crippen molar-refractivity contribution in [3.05, 3.63) is 90.3 Å². The highest BCUT2D eigenvalue weighted by molar-refractivity contribution is 6.06. The Morgan fingerprint density at radius 2 is 1.74 bits per heavy atom. The van der Waals surface area contributed by atoms with Crippen molar-refractivity contribution < 1.29 is 4.79 Å². The molecule has 5 heteroatoms. The number of aryl methyl sites for hydroxylation is 1. The van der Waals surface area contributed by atoms with Gasteiger partial charge in [0, 0.05) is 39.7 Å². The molecule has 1 saturated carbocycles. The molecule has 2 aromatic carbocycles. The Morgan fingerprint density at radius 1 is 0.971 bits per heavy atom. The second kappa shape index (κ2) is 9.79. The average Bonchev–Trinajstić information content (AvgIpc) is 3.30. The zero-order valence-electron chi connectivity index (χ0n) is 20.4. The molecule has 0 aliphatic heterocycles. The average molecular weight is 465 g/mol. The van der Waals surface area contributed by atoms with E-state index in [1.807, 2.05) is 37.3 Å². The van der Waals surface area contributed by atoms with Crippen LogP contribution in [0.4, 0.5) is 11.5 Å². The third-order valence-electron chi connectivity index (χ3n) is 7.05. The van der Waals surface area contributed by atoms with E-state index in [9.17, 15) is 4.79 Å². The number of carbonyl (C=O) groups excluding carboxylic acids is 1. The van der Waals surface area contributed by atoms with Gasteiger partial charge in [0.1, 0.15) is 5.82 Å². The number of rotatable bonds is 6. The summed E-state index contributed by atoms with van der Waals surface area (Å²) < 4.78 is 0. The van der Waals surface area contributed by atoms with E-state index in [4.69, 9.17) is 0 Å². The van der Waals surface area contributed by atoms with Crippen LogP contribution < -0.4 is 10.6 Å². The van der Waals surface area contributed by atoms with Crippen LogP contribution in [0.1, 0.15) is 48.5 Å². The van der Waals surface area contributed by atoms with Crippen LogP contribution in [0.5, 0.6) is 0 Å². The molecule has 0 saturated heterocycles. The first-order valence-corrected chi connectivity index (χ1v) is 12.4. The van der Waals surface area contributed by atoms with Crippen LogP contribution in [0.3, 0.4) is 0 Å². The Bertz CT molecular complexity index is 1340. The lowest BCUT2D eigenvalue weighted by Gasteiger charge is -2.28. The van der Waals surface area contributed by atoms with E-state index in [0.29, 0.717) is 17.3 Å². The van der Waals surface area contributed by atoms with Crippen LogP contribution in [0.15, 0.2) is 79.1 Å². The number of allylic oxidation sites excluding steroid dienone is 1. The highest BCUT2D eigenvalue weighted by Crippen LogP contribution is 2.33. The lowest BCUT2D eigenvalue weighted by atomic mass is 9.81. The van der Waals surface area contributed by atoms with Gasteiger partial charge < -0.3 is 15.6 Å². The van der Waals surface area contributed by atoms with Crippen molar-refractivity contribution in [3.63, 3.8) is 0 Å². The fraction of sp³-hybridized carbons (Fsp3) is 0.267. The zero-order chi connectivity index (χ0) is 24.4. The van der Waals surface area contributed by atoms with Gasteiger partial charge in [-0.05, 0) is 85.2 Å². The Morgan fingerprint density at radius 3 is 2.46 bits per heavy atom. The minimum absolute atomic E-state index is 0.172. The molecule has 0 bridgehead atoms. The summed E-state index contributed by atoms with van der Waals surface area (Å²) in [5.74, 6) is 1.78. The van der Waals surface area contributed by atoms with E-state index in [2.05, 4.69) is 64.4 Å². The summed E-state index contributed by atoms with van der Waals surface area (Å²) in [4.78, 5) is 20.4. The minimum Gasteiger partial charge on any atom is -0.359 e. The van der Waals surface area contributed by atoms with Crippen molar-refractivity contribution in [3.8, 4) is 11.3 Å². The number of hydrogen-bond donors (Lipinski definition) is 3. The maximum atomic E-state index is 12.7. The summed E-state index contributed by atoms with van der Waals surface area (Å²) in [5, 5.41) is 7.37. The van der Waals surface area contributed by atoms with E-state index in [0.717, 1.165) is 45.0 Å². The van der Waals surface area contributed by atoms with Gasteiger partial charge in [0.05, 0.1) is 0 Å². The number of hydrogen-bond acceptors (Lipinski definition) is 3. The minimum atomic E-state index is -0.172. The molecule has 0 spiro atoms. The molecule has 4 aromatic rings. The van der Waals surface area contributed by atoms with Crippen LogP contribution in [-0.4, -0.2) is 15.9 Å². The van der Waals surface area contributed by atoms with E-state index in [1.54, 1.807) is 6.20 Å². The number of anilines is 2. The molecule has 5 nitrogen and oxygen atoms in total. The number of pyridine rings is 1. The van der Waals surface area contributed by atoms with Gasteiger partial charge in [0.2, 0.25) is 0 Å². The summed E-state index contributed by atoms with van der Waals surface area (Å²) in [6.07, 6.45) is 6.77. The molecular weight excluding hydrogens is 432 g/mol. The highest BCUT2D eigenvalue weighted by Gasteiger charge is 2.20. The van der Waals surface area contributed by atoms with Crippen molar-refractivity contribution in [2.24, 2.45) is 11.8 Å². The first-order valence-electron chi connectivity index (χ1n) is 12.4. The SMILES string of the molecule is C=C(Nc1ccc(-c2cc3cc(C(=O)Nc4ccc(C)cn4)ccc3[nH]2)cc1)C1CCC(C)CC1. The summed E-state index contributed by atoms with van der Waals surface area (Å²) in [6, 6.07) is 19.9. The highest BCUT2D eigenvalue weighted by atomic mass is 16.1. The fourth-order valence-electron chi connectivity index (χ4n) is 4.79. The quantitative estimate of drug-likeness (QED) is 0.276. The van der Waals surface area contributed by atoms with Crippen LogP contribution in [0.2, 0.25) is 0 Å². The van der Waals surface area contributed by atoms with Crippen molar-refractivity contribution in [1.82, 2.24) is 9.97 Å². The first kappa shape index (κ1) is 22.9. The van der Waals surface area contributed by atoms with Gasteiger partial charge in [-0.15, -0.1) is 0 Å². The normalized spacial score (nSPS) is 17.8. The molecule has 178 valence electrons. The lowest BCUT2D eigenvalue weighted by Crippen LogP contribution is -2.17. The number of aromatic nitrogens is 2. The molecule has 1 amide bonds.